The molecule has 0 saturated carbocycles. The molecule has 0 aliphatic carbocycles. The van der Waals surface area contributed by atoms with E-state index < -0.39 is 20.0 Å². The summed E-state index contributed by atoms with van der Waals surface area (Å²) < 4.78 is 12.1. The van der Waals surface area contributed by atoms with Gasteiger partial charge in [-0.15, -0.1) is 0 Å². The fraction of sp³-hybridized carbons (Fsp3) is 0.462. The van der Waals surface area contributed by atoms with Crippen molar-refractivity contribution in [3.05, 3.63) is 71.8 Å². The SMILES string of the molecule is CC(CC(=O)N1C(=O)OC[C@@H]1Cc1ccccc1)(O[Si](C)(C)C(C)(C)C)c1ccccc1. The van der Waals surface area contributed by atoms with Gasteiger partial charge in [0.05, 0.1) is 18.1 Å². The monoisotopic (exact) mass is 453 g/mol. The average Bonchev–Trinajstić information content (AvgIpc) is 3.08. The van der Waals surface area contributed by atoms with Gasteiger partial charge in [-0.05, 0) is 42.6 Å². The molecule has 0 spiro atoms. The van der Waals surface area contributed by atoms with E-state index >= 15 is 0 Å². The van der Waals surface area contributed by atoms with Crippen molar-refractivity contribution in [3.8, 4) is 0 Å². The van der Waals surface area contributed by atoms with Crippen LogP contribution in [0.2, 0.25) is 18.1 Å². The topological polar surface area (TPSA) is 55.8 Å². The van der Waals surface area contributed by atoms with E-state index in [9.17, 15) is 9.59 Å². The lowest BCUT2D eigenvalue weighted by Gasteiger charge is -2.44. The molecule has 1 fully saturated rings. The number of hydrogen-bond acceptors (Lipinski definition) is 4. The number of imide groups is 1. The quantitative estimate of drug-likeness (QED) is 0.490. The first-order valence-corrected chi connectivity index (χ1v) is 14.1. The summed E-state index contributed by atoms with van der Waals surface area (Å²) in [5, 5.41) is -0.0193. The third-order valence-electron chi connectivity index (χ3n) is 6.70. The molecule has 3 rings (SSSR count). The van der Waals surface area contributed by atoms with Crippen LogP contribution in [-0.2, 0) is 26.0 Å². The first-order valence-electron chi connectivity index (χ1n) is 11.2. The third kappa shape index (κ3) is 5.30. The minimum atomic E-state index is -2.21. The summed E-state index contributed by atoms with van der Waals surface area (Å²) in [5.74, 6) is -0.265. The number of cyclic esters (lactones) is 1. The molecule has 1 unspecified atom stereocenters. The third-order valence-corrected chi connectivity index (χ3v) is 11.3. The summed E-state index contributed by atoms with van der Waals surface area (Å²) >= 11 is 0. The summed E-state index contributed by atoms with van der Waals surface area (Å²) in [6.07, 6.45) is 0.0755. The predicted octanol–water partition coefficient (Wildman–Crippen LogP) is 5.90. The first-order chi connectivity index (χ1) is 14.9. The van der Waals surface area contributed by atoms with Gasteiger partial charge in [-0.3, -0.25) is 4.79 Å². The van der Waals surface area contributed by atoms with Gasteiger partial charge in [-0.1, -0.05) is 81.4 Å². The molecule has 0 bridgehead atoms. The lowest BCUT2D eigenvalue weighted by atomic mass is 9.91. The fourth-order valence-electron chi connectivity index (χ4n) is 3.88. The first kappa shape index (κ1) is 24.2. The van der Waals surface area contributed by atoms with Crippen LogP contribution < -0.4 is 0 Å². The number of carbonyl (C=O) groups excluding carboxylic acids is 2. The number of ether oxygens (including phenoxy) is 1. The van der Waals surface area contributed by atoms with Crippen molar-refractivity contribution in [2.75, 3.05) is 6.61 Å². The van der Waals surface area contributed by atoms with Crippen LogP contribution in [0.1, 0.15) is 45.2 Å². The zero-order valence-corrected chi connectivity index (χ0v) is 21.1. The predicted molar refractivity (Wildman–Crippen MR) is 129 cm³/mol. The summed E-state index contributed by atoms with van der Waals surface area (Å²) in [6.45, 7) is 13.1. The van der Waals surface area contributed by atoms with Crippen molar-refractivity contribution in [2.45, 2.75) is 70.3 Å². The Morgan fingerprint density at radius 1 is 1.03 bits per heavy atom. The van der Waals surface area contributed by atoms with Crippen molar-refractivity contribution in [1.82, 2.24) is 4.90 Å². The highest BCUT2D eigenvalue weighted by atomic mass is 28.4. The van der Waals surface area contributed by atoms with Crippen molar-refractivity contribution in [3.63, 3.8) is 0 Å². The number of nitrogens with zero attached hydrogens (tertiary/aromatic N) is 1. The number of amides is 2. The van der Waals surface area contributed by atoms with Crippen LogP contribution in [0.4, 0.5) is 4.79 Å². The fourth-order valence-corrected chi connectivity index (χ4v) is 5.50. The molecule has 0 radical (unpaired) electrons. The van der Waals surface area contributed by atoms with Crippen molar-refractivity contribution < 1.29 is 18.8 Å². The second kappa shape index (κ2) is 9.20. The number of benzene rings is 2. The van der Waals surface area contributed by atoms with Crippen molar-refractivity contribution in [2.24, 2.45) is 0 Å². The normalized spacial score (nSPS) is 18.9. The minimum absolute atomic E-state index is 0.0193. The van der Waals surface area contributed by atoms with E-state index in [2.05, 4.69) is 33.9 Å². The van der Waals surface area contributed by atoms with E-state index in [0.29, 0.717) is 6.42 Å². The van der Waals surface area contributed by atoms with Crippen LogP contribution in [0.15, 0.2) is 60.7 Å². The van der Waals surface area contributed by atoms with Gasteiger partial charge in [0.2, 0.25) is 5.91 Å². The molecule has 0 N–H and O–H groups in total. The van der Waals surface area contributed by atoms with Gasteiger partial charge >= 0.3 is 6.09 Å². The Morgan fingerprint density at radius 2 is 1.59 bits per heavy atom. The van der Waals surface area contributed by atoms with Gasteiger partial charge in [0.15, 0.2) is 8.32 Å². The number of hydrogen-bond donors (Lipinski definition) is 0. The largest absolute Gasteiger partial charge is 0.447 e. The Kier molecular flexibility index (Phi) is 6.96. The zero-order valence-electron chi connectivity index (χ0n) is 20.1. The molecule has 2 aromatic rings. The molecule has 6 heteroatoms. The Balaban J connectivity index is 1.88. The van der Waals surface area contributed by atoms with E-state index in [1.165, 1.54) is 4.90 Å². The maximum Gasteiger partial charge on any atom is 0.416 e. The van der Waals surface area contributed by atoms with Gasteiger partial charge in [-0.25, -0.2) is 9.69 Å². The molecule has 5 nitrogen and oxygen atoms in total. The highest BCUT2D eigenvalue weighted by molar-refractivity contribution is 6.74. The maximum atomic E-state index is 13.5. The lowest BCUT2D eigenvalue weighted by Crippen LogP contribution is -2.50. The highest BCUT2D eigenvalue weighted by Crippen LogP contribution is 2.43. The van der Waals surface area contributed by atoms with E-state index in [1.807, 2.05) is 67.6 Å². The minimum Gasteiger partial charge on any atom is -0.447 e. The van der Waals surface area contributed by atoms with Crippen molar-refractivity contribution in [1.29, 1.82) is 0 Å². The van der Waals surface area contributed by atoms with E-state index in [-0.39, 0.29) is 30.0 Å². The molecule has 1 saturated heterocycles. The lowest BCUT2D eigenvalue weighted by molar-refractivity contribution is -0.133. The van der Waals surface area contributed by atoms with E-state index in [0.717, 1.165) is 11.1 Å². The van der Waals surface area contributed by atoms with Crippen LogP contribution in [0, 0.1) is 0 Å². The second-order valence-electron chi connectivity index (χ2n) is 10.3. The van der Waals surface area contributed by atoms with Crippen LogP contribution in [0.5, 0.6) is 0 Å². The smallest absolute Gasteiger partial charge is 0.416 e. The molecule has 1 aliphatic rings. The van der Waals surface area contributed by atoms with Gasteiger partial charge in [0, 0.05) is 0 Å². The molecule has 2 atom stereocenters. The van der Waals surface area contributed by atoms with Crippen molar-refractivity contribution >= 4 is 20.3 Å². The molecule has 2 aromatic carbocycles. The van der Waals surface area contributed by atoms with Gasteiger partial charge in [0.1, 0.15) is 6.61 Å². The Morgan fingerprint density at radius 3 is 2.16 bits per heavy atom. The molecule has 172 valence electrons. The van der Waals surface area contributed by atoms with Crippen LogP contribution >= 0.6 is 0 Å². The van der Waals surface area contributed by atoms with E-state index in [4.69, 9.17) is 9.16 Å². The molecule has 1 aliphatic heterocycles. The zero-order chi connectivity index (χ0) is 23.6. The molecular weight excluding hydrogens is 418 g/mol. The Labute approximate surface area is 192 Å². The average molecular weight is 454 g/mol. The summed E-state index contributed by atoms with van der Waals surface area (Å²) in [5.41, 5.74) is 1.16. The van der Waals surface area contributed by atoms with Crippen LogP contribution in [0.25, 0.3) is 0 Å². The molecule has 32 heavy (non-hydrogen) atoms. The van der Waals surface area contributed by atoms with E-state index in [1.54, 1.807) is 0 Å². The highest BCUT2D eigenvalue weighted by Gasteiger charge is 2.47. The summed E-state index contributed by atoms with van der Waals surface area (Å²) in [7, 11) is -2.21. The Bertz CT molecular complexity index is 939. The van der Waals surface area contributed by atoms with Gasteiger partial charge in [0.25, 0.3) is 0 Å². The maximum absolute atomic E-state index is 13.5. The molecule has 2 amide bonds. The van der Waals surface area contributed by atoms with Crippen LogP contribution in [-0.4, -0.2) is 37.9 Å². The van der Waals surface area contributed by atoms with Crippen LogP contribution in [0.3, 0.4) is 0 Å². The molecule has 0 aromatic heterocycles. The second-order valence-corrected chi connectivity index (χ2v) is 15.0. The number of carbonyl (C=O) groups is 2. The number of rotatable bonds is 7. The molecular formula is C26H35NO4Si. The summed E-state index contributed by atoms with van der Waals surface area (Å²) in [4.78, 5) is 27.4. The standard InChI is InChI=1S/C26H35NO4Si/c1-25(2,3)32(5,6)31-26(4,21-15-11-8-12-16-21)18-23(28)27-22(19-30-24(27)29)17-20-13-9-7-10-14-20/h7-16,22H,17-19H2,1-6H3/t22-,26?/m0/s1. The van der Waals surface area contributed by atoms with Gasteiger partial charge in [-0.2, -0.15) is 0 Å². The Hall–Kier alpha value is -2.44. The molecule has 1 heterocycles. The van der Waals surface area contributed by atoms with Gasteiger partial charge < -0.3 is 9.16 Å². The summed E-state index contributed by atoms with van der Waals surface area (Å²) in [6, 6.07) is 19.4.